The van der Waals surface area contributed by atoms with Crippen LogP contribution in [0.25, 0.3) is 11.3 Å². The first-order valence-corrected chi connectivity index (χ1v) is 8.82. The molecule has 0 amide bonds. The number of ketones is 1. The van der Waals surface area contributed by atoms with Crippen molar-refractivity contribution >= 4 is 23.1 Å². The summed E-state index contributed by atoms with van der Waals surface area (Å²) in [6.07, 6.45) is 0.283. The molecule has 0 saturated carbocycles. The van der Waals surface area contributed by atoms with E-state index in [1.165, 1.54) is 11.3 Å². The zero-order valence-corrected chi connectivity index (χ0v) is 14.3. The van der Waals surface area contributed by atoms with Crippen LogP contribution in [0.3, 0.4) is 0 Å². The Kier molecular flexibility index (Phi) is 5.36. The molecule has 1 aromatic heterocycles. The molecule has 0 saturated heterocycles. The van der Waals surface area contributed by atoms with Crippen LogP contribution in [-0.4, -0.2) is 21.8 Å². The number of rotatable bonds is 7. The molecule has 3 aromatic rings. The number of Topliss-reactive ketones (excluding diaryl/α,β-unsaturated/α-hetero) is 1. The standard InChI is InChI=1S/C20H17NO3S/c22-18(12-16(20(23)24)11-14-7-3-1-4-8-14)19-21-17(13-25-19)15-9-5-2-6-10-15/h1-10,13,16H,11-12H2,(H,23,24). The van der Waals surface area contributed by atoms with Crippen LogP contribution in [0.4, 0.5) is 0 Å². The molecule has 0 spiro atoms. The van der Waals surface area contributed by atoms with Crippen LogP contribution in [0.5, 0.6) is 0 Å². The van der Waals surface area contributed by atoms with Crippen molar-refractivity contribution in [2.24, 2.45) is 5.92 Å². The number of hydrogen-bond acceptors (Lipinski definition) is 4. The Morgan fingerprint density at radius 1 is 1.00 bits per heavy atom. The maximum atomic E-state index is 12.5. The van der Waals surface area contributed by atoms with Gasteiger partial charge in [0.15, 0.2) is 10.8 Å². The number of nitrogens with zero attached hydrogens (tertiary/aromatic N) is 1. The van der Waals surface area contributed by atoms with Crippen molar-refractivity contribution in [3.05, 3.63) is 76.6 Å². The molecule has 0 aliphatic rings. The molecule has 0 aliphatic heterocycles. The Labute approximate surface area is 149 Å². The van der Waals surface area contributed by atoms with Crippen LogP contribution in [-0.2, 0) is 11.2 Å². The summed E-state index contributed by atoms with van der Waals surface area (Å²) in [6, 6.07) is 19.0. The first kappa shape index (κ1) is 17.0. The van der Waals surface area contributed by atoms with E-state index in [1.807, 2.05) is 66.0 Å². The Hall–Kier alpha value is -2.79. The van der Waals surface area contributed by atoms with Gasteiger partial charge in [0.05, 0.1) is 11.6 Å². The Bertz CT molecular complexity index is 859. The molecule has 3 rings (SSSR count). The second kappa shape index (κ2) is 7.85. The molecule has 5 heteroatoms. The summed E-state index contributed by atoms with van der Waals surface area (Å²) in [7, 11) is 0. The molecule has 1 unspecified atom stereocenters. The third-order valence-electron chi connectivity index (χ3n) is 3.92. The van der Waals surface area contributed by atoms with Crippen molar-refractivity contribution in [1.82, 2.24) is 4.98 Å². The molecule has 0 radical (unpaired) electrons. The minimum Gasteiger partial charge on any atom is -0.481 e. The van der Waals surface area contributed by atoms with Crippen LogP contribution in [0.1, 0.15) is 21.8 Å². The Balaban J connectivity index is 1.72. The lowest BCUT2D eigenvalue weighted by Crippen LogP contribution is -2.20. The normalized spacial score (nSPS) is 11.8. The first-order valence-electron chi connectivity index (χ1n) is 7.94. The monoisotopic (exact) mass is 351 g/mol. The molecule has 126 valence electrons. The number of aliphatic carboxylic acids is 1. The fourth-order valence-electron chi connectivity index (χ4n) is 2.60. The van der Waals surface area contributed by atoms with Gasteiger partial charge in [-0.1, -0.05) is 60.7 Å². The maximum absolute atomic E-state index is 12.5. The van der Waals surface area contributed by atoms with Crippen molar-refractivity contribution in [2.75, 3.05) is 0 Å². The van der Waals surface area contributed by atoms with Crippen molar-refractivity contribution in [3.63, 3.8) is 0 Å². The Morgan fingerprint density at radius 3 is 2.28 bits per heavy atom. The van der Waals surface area contributed by atoms with Gasteiger partial charge in [-0.2, -0.15) is 0 Å². The van der Waals surface area contributed by atoms with Gasteiger partial charge in [-0.25, -0.2) is 4.98 Å². The molecule has 4 nitrogen and oxygen atoms in total. The van der Waals surface area contributed by atoms with E-state index >= 15 is 0 Å². The zero-order valence-electron chi connectivity index (χ0n) is 13.5. The smallest absolute Gasteiger partial charge is 0.307 e. The topological polar surface area (TPSA) is 67.3 Å². The van der Waals surface area contributed by atoms with Crippen LogP contribution in [0, 0.1) is 5.92 Å². The number of thiazole rings is 1. The minimum atomic E-state index is -0.961. The largest absolute Gasteiger partial charge is 0.481 e. The molecule has 0 bridgehead atoms. The van der Waals surface area contributed by atoms with E-state index < -0.39 is 11.9 Å². The number of hydrogen-bond donors (Lipinski definition) is 1. The number of aromatic nitrogens is 1. The minimum absolute atomic E-state index is 0.0496. The molecule has 1 atom stereocenters. The highest BCUT2D eigenvalue weighted by atomic mass is 32.1. The lowest BCUT2D eigenvalue weighted by atomic mass is 9.94. The molecule has 25 heavy (non-hydrogen) atoms. The highest BCUT2D eigenvalue weighted by Gasteiger charge is 2.24. The van der Waals surface area contributed by atoms with Crippen molar-refractivity contribution < 1.29 is 14.7 Å². The fourth-order valence-corrected chi connectivity index (χ4v) is 3.38. The van der Waals surface area contributed by atoms with E-state index in [1.54, 1.807) is 0 Å². The van der Waals surface area contributed by atoms with Crippen molar-refractivity contribution in [2.45, 2.75) is 12.8 Å². The summed E-state index contributed by atoms with van der Waals surface area (Å²) in [4.78, 5) is 28.4. The predicted octanol–water partition coefficient (Wildman–Crippen LogP) is 4.33. The van der Waals surface area contributed by atoms with E-state index in [4.69, 9.17) is 0 Å². The van der Waals surface area contributed by atoms with E-state index in [9.17, 15) is 14.7 Å². The Morgan fingerprint density at radius 2 is 1.64 bits per heavy atom. The number of carboxylic acid groups (broad SMARTS) is 1. The molecule has 1 heterocycles. The van der Waals surface area contributed by atoms with E-state index in [0.717, 1.165) is 16.8 Å². The van der Waals surface area contributed by atoms with Crippen molar-refractivity contribution in [1.29, 1.82) is 0 Å². The van der Waals surface area contributed by atoms with Gasteiger partial charge >= 0.3 is 5.97 Å². The van der Waals surface area contributed by atoms with Crippen LogP contribution in [0.15, 0.2) is 66.0 Å². The lowest BCUT2D eigenvalue weighted by molar-refractivity contribution is -0.141. The summed E-state index contributed by atoms with van der Waals surface area (Å²) in [6.45, 7) is 0. The fraction of sp³-hybridized carbons (Fsp3) is 0.150. The first-order chi connectivity index (χ1) is 12.1. The van der Waals surface area contributed by atoms with Crippen LogP contribution < -0.4 is 0 Å². The number of benzene rings is 2. The zero-order chi connectivity index (χ0) is 17.6. The van der Waals surface area contributed by atoms with Gasteiger partial charge in [-0.05, 0) is 12.0 Å². The van der Waals surface area contributed by atoms with Gasteiger partial charge in [0.25, 0.3) is 0 Å². The quantitative estimate of drug-likeness (QED) is 0.644. The van der Waals surface area contributed by atoms with Gasteiger partial charge in [0.1, 0.15) is 0 Å². The SMILES string of the molecule is O=C(CC(Cc1ccccc1)C(=O)O)c1nc(-c2ccccc2)cs1. The number of carbonyl (C=O) groups is 2. The summed E-state index contributed by atoms with van der Waals surface area (Å²) < 4.78 is 0. The number of carboxylic acids is 1. The van der Waals surface area contributed by atoms with Gasteiger partial charge in [0, 0.05) is 17.4 Å². The molecule has 1 N–H and O–H groups in total. The van der Waals surface area contributed by atoms with E-state index in [2.05, 4.69) is 4.98 Å². The van der Waals surface area contributed by atoms with Crippen LogP contribution >= 0.6 is 11.3 Å². The highest BCUT2D eigenvalue weighted by molar-refractivity contribution is 7.12. The lowest BCUT2D eigenvalue weighted by Gasteiger charge is -2.10. The van der Waals surface area contributed by atoms with Gasteiger partial charge in [-0.15, -0.1) is 11.3 Å². The van der Waals surface area contributed by atoms with E-state index in [0.29, 0.717) is 11.4 Å². The maximum Gasteiger partial charge on any atom is 0.307 e. The second-order valence-electron chi connectivity index (χ2n) is 5.76. The summed E-state index contributed by atoms with van der Waals surface area (Å²) in [5.74, 6) is -1.94. The van der Waals surface area contributed by atoms with E-state index in [-0.39, 0.29) is 12.2 Å². The molecular formula is C20H17NO3S. The van der Waals surface area contributed by atoms with Gasteiger partial charge in [-0.3, -0.25) is 9.59 Å². The van der Waals surface area contributed by atoms with Crippen molar-refractivity contribution in [3.8, 4) is 11.3 Å². The molecule has 0 aliphatic carbocycles. The van der Waals surface area contributed by atoms with Gasteiger partial charge in [0.2, 0.25) is 0 Å². The van der Waals surface area contributed by atoms with Gasteiger partial charge < -0.3 is 5.11 Å². The molecule has 0 fully saturated rings. The summed E-state index contributed by atoms with van der Waals surface area (Å²) in [5.41, 5.74) is 2.59. The average Bonchev–Trinajstić information content (AvgIpc) is 3.13. The molecule has 2 aromatic carbocycles. The summed E-state index contributed by atoms with van der Waals surface area (Å²) >= 11 is 1.26. The van der Waals surface area contributed by atoms with Crippen LogP contribution in [0.2, 0.25) is 0 Å². The third-order valence-corrected chi connectivity index (χ3v) is 4.80. The average molecular weight is 351 g/mol. The molecular weight excluding hydrogens is 334 g/mol. The number of carbonyl (C=O) groups excluding carboxylic acids is 1. The predicted molar refractivity (Wildman–Crippen MR) is 97.8 cm³/mol. The third kappa shape index (κ3) is 4.39. The second-order valence-corrected chi connectivity index (χ2v) is 6.61. The highest BCUT2D eigenvalue weighted by Crippen LogP contribution is 2.24. The summed E-state index contributed by atoms with van der Waals surface area (Å²) in [5, 5.41) is 11.6.